The van der Waals surface area contributed by atoms with E-state index >= 15 is 0 Å². The topological polar surface area (TPSA) is 20.2 Å². The molecule has 0 saturated carbocycles. The van der Waals surface area contributed by atoms with Gasteiger partial charge >= 0.3 is 0 Å². The zero-order valence-electron chi connectivity index (χ0n) is 9.04. The van der Waals surface area contributed by atoms with Crippen molar-refractivity contribution in [2.75, 3.05) is 24.0 Å². The minimum Gasteiger partial charge on any atom is -0.512 e. The maximum atomic E-state index is 9.84. The van der Waals surface area contributed by atoms with Gasteiger partial charge in [-0.25, -0.2) is 0 Å². The van der Waals surface area contributed by atoms with Crippen molar-refractivity contribution in [3.8, 4) is 0 Å². The summed E-state index contributed by atoms with van der Waals surface area (Å²) in [5.74, 6) is 2.60. The van der Waals surface area contributed by atoms with Crippen LogP contribution >= 0.6 is 23.5 Å². The van der Waals surface area contributed by atoms with Gasteiger partial charge in [0.15, 0.2) is 0 Å². The predicted molar refractivity (Wildman–Crippen MR) is 68.3 cm³/mol. The third kappa shape index (κ3) is 2.74. The number of hydrogen-bond donors (Lipinski definition) is 1. The minimum atomic E-state index is -0.0424. The number of aliphatic hydroxyl groups is 1. The largest absolute Gasteiger partial charge is 0.512 e. The number of hydrogen-bond acceptors (Lipinski definition) is 3. The highest BCUT2D eigenvalue weighted by Gasteiger charge is 2.31. The fourth-order valence-electron chi connectivity index (χ4n) is 1.78. The van der Waals surface area contributed by atoms with E-state index in [0.717, 1.165) is 17.9 Å². The number of aliphatic hydroxyl groups excluding tert-OH is 1. The second-order valence-corrected chi connectivity index (χ2v) is 5.71. The SMILES string of the molecule is CSCC1=CC=C(O)C(C)(CSC)C1. The first-order valence-electron chi connectivity index (χ1n) is 4.69. The van der Waals surface area contributed by atoms with Crippen molar-refractivity contribution in [2.45, 2.75) is 13.3 Å². The highest BCUT2D eigenvalue weighted by atomic mass is 32.2. The standard InChI is InChI=1S/C11H18OS2/c1-11(8-14-3)6-9(7-13-2)4-5-10(11)12/h4-5,12H,6-8H2,1-3H3. The van der Waals surface area contributed by atoms with Crippen LogP contribution in [0.1, 0.15) is 13.3 Å². The molecule has 0 aromatic carbocycles. The van der Waals surface area contributed by atoms with E-state index in [1.807, 2.05) is 17.8 Å². The van der Waals surface area contributed by atoms with Crippen LogP contribution in [0.3, 0.4) is 0 Å². The van der Waals surface area contributed by atoms with E-state index in [0.29, 0.717) is 5.76 Å². The molecule has 1 atom stereocenters. The average molecular weight is 230 g/mol. The molecule has 1 N–H and O–H groups in total. The van der Waals surface area contributed by atoms with E-state index in [2.05, 4.69) is 25.5 Å². The Bertz CT molecular complexity index is 258. The Balaban J connectivity index is 2.74. The van der Waals surface area contributed by atoms with E-state index in [-0.39, 0.29) is 5.41 Å². The summed E-state index contributed by atoms with van der Waals surface area (Å²) in [6, 6.07) is 0. The quantitative estimate of drug-likeness (QED) is 0.798. The number of rotatable bonds is 4. The van der Waals surface area contributed by atoms with Gasteiger partial charge in [-0.3, -0.25) is 0 Å². The average Bonchev–Trinajstić information content (AvgIpc) is 2.12. The lowest BCUT2D eigenvalue weighted by Gasteiger charge is -2.31. The molecule has 0 aromatic heterocycles. The second kappa shape index (κ2) is 5.17. The third-order valence-electron chi connectivity index (χ3n) is 2.51. The summed E-state index contributed by atoms with van der Waals surface area (Å²) in [6.07, 6.45) is 9.13. The van der Waals surface area contributed by atoms with Gasteiger partial charge in [-0.15, -0.1) is 0 Å². The monoisotopic (exact) mass is 230 g/mol. The Morgan fingerprint density at radius 2 is 2.07 bits per heavy atom. The molecule has 0 aliphatic heterocycles. The molecule has 3 heteroatoms. The van der Waals surface area contributed by atoms with Gasteiger partial charge in [-0.1, -0.05) is 18.6 Å². The molecule has 0 heterocycles. The molecule has 14 heavy (non-hydrogen) atoms. The van der Waals surface area contributed by atoms with Gasteiger partial charge in [-0.05, 0) is 25.0 Å². The van der Waals surface area contributed by atoms with Crippen molar-refractivity contribution >= 4 is 23.5 Å². The van der Waals surface area contributed by atoms with Gasteiger partial charge in [0.1, 0.15) is 0 Å². The molecular formula is C11H18OS2. The zero-order chi connectivity index (χ0) is 10.6. The lowest BCUT2D eigenvalue weighted by molar-refractivity contribution is 0.257. The van der Waals surface area contributed by atoms with Gasteiger partial charge in [0.25, 0.3) is 0 Å². The van der Waals surface area contributed by atoms with Gasteiger partial charge in [0.2, 0.25) is 0 Å². The highest BCUT2D eigenvalue weighted by molar-refractivity contribution is 7.98. The smallest absolute Gasteiger partial charge is 0.0992 e. The van der Waals surface area contributed by atoms with Crippen LogP contribution in [-0.2, 0) is 0 Å². The van der Waals surface area contributed by atoms with Crippen LogP contribution in [0, 0.1) is 5.41 Å². The first-order valence-corrected chi connectivity index (χ1v) is 7.48. The lowest BCUT2D eigenvalue weighted by Crippen LogP contribution is -2.25. The summed E-state index contributed by atoms with van der Waals surface area (Å²) in [6.45, 7) is 2.14. The van der Waals surface area contributed by atoms with E-state index in [9.17, 15) is 5.11 Å². The summed E-state index contributed by atoms with van der Waals surface area (Å²) in [5, 5.41) is 9.84. The summed E-state index contributed by atoms with van der Waals surface area (Å²) in [7, 11) is 0. The number of thioether (sulfide) groups is 2. The maximum Gasteiger partial charge on any atom is 0.0992 e. The number of allylic oxidation sites excluding steroid dienone is 3. The van der Waals surface area contributed by atoms with Crippen molar-refractivity contribution < 1.29 is 5.11 Å². The van der Waals surface area contributed by atoms with Crippen molar-refractivity contribution in [3.05, 3.63) is 23.5 Å². The predicted octanol–water partition coefficient (Wildman–Crippen LogP) is 3.49. The fourth-order valence-corrected chi connectivity index (χ4v) is 3.23. The van der Waals surface area contributed by atoms with Gasteiger partial charge < -0.3 is 5.11 Å². The van der Waals surface area contributed by atoms with Crippen LogP contribution in [0.4, 0.5) is 0 Å². The van der Waals surface area contributed by atoms with Gasteiger partial charge in [0, 0.05) is 16.9 Å². The lowest BCUT2D eigenvalue weighted by atomic mass is 9.80. The molecule has 80 valence electrons. The molecule has 1 nitrogen and oxygen atoms in total. The Morgan fingerprint density at radius 3 is 2.64 bits per heavy atom. The Kier molecular flexibility index (Phi) is 4.45. The van der Waals surface area contributed by atoms with Crippen LogP contribution in [-0.4, -0.2) is 29.1 Å². The molecule has 0 saturated heterocycles. The molecule has 0 fully saturated rings. The normalized spacial score (nSPS) is 27.1. The maximum absolute atomic E-state index is 9.84. The molecule has 0 aromatic rings. The minimum absolute atomic E-state index is 0.0424. The molecule has 0 bridgehead atoms. The molecule has 1 aliphatic carbocycles. The van der Waals surface area contributed by atoms with Crippen molar-refractivity contribution in [2.24, 2.45) is 5.41 Å². The molecule has 1 aliphatic rings. The van der Waals surface area contributed by atoms with Crippen LogP contribution in [0.2, 0.25) is 0 Å². The van der Waals surface area contributed by atoms with Gasteiger partial charge in [-0.2, -0.15) is 23.5 Å². The Morgan fingerprint density at radius 1 is 1.36 bits per heavy atom. The molecule has 0 radical (unpaired) electrons. The van der Waals surface area contributed by atoms with E-state index in [1.165, 1.54) is 5.57 Å². The fraction of sp³-hybridized carbons (Fsp3) is 0.636. The first kappa shape index (κ1) is 12.1. The molecular weight excluding hydrogens is 212 g/mol. The molecule has 0 amide bonds. The summed E-state index contributed by atoms with van der Waals surface area (Å²) in [5.41, 5.74) is 1.39. The van der Waals surface area contributed by atoms with Crippen LogP contribution in [0.15, 0.2) is 23.5 Å². The Labute approximate surface area is 95.0 Å². The first-order chi connectivity index (χ1) is 6.62. The highest BCUT2D eigenvalue weighted by Crippen LogP contribution is 2.38. The van der Waals surface area contributed by atoms with Crippen molar-refractivity contribution in [3.63, 3.8) is 0 Å². The van der Waals surface area contributed by atoms with Crippen LogP contribution in [0.25, 0.3) is 0 Å². The second-order valence-electron chi connectivity index (χ2n) is 3.98. The van der Waals surface area contributed by atoms with Crippen LogP contribution in [0.5, 0.6) is 0 Å². The summed E-state index contributed by atoms with van der Waals surface area (Å²) >= 11 is 3.64. The molecule has 1 rings (SSSR count). The van der Waals surface area contributed by atoms with Gasteiger partial charge in [0.05, 0.1) is 5.76 Å². The van der Waals surface area contributed by atoms with Crippen LogP contribution < -0.4 is 0 Å². The molecule has 0 spiro atoms. The Hall–Kier alpha value is -0.0200. The van der Waals surface area contributed by atoms with E-state index in [4.69, 9.17) is 0 Å². The third-order valence-corrected chi connectivity index (χ3v) is 4.09. The van der Waals surface area contributed by atoms with Crippen molar-refractivity contribution in [1.82, 2.24) is 0 Å². The summed E-state index contributed by atoms with van der Waals surface area (Å²) < 4.78 is 0. The van der Waals surface area contributed by atoms with Crippen molar-refractivity contribution in [1.29, 1.82) is 0 Å². The molecule has 1 unspecified atom stereocenters. The van der Waals surface area contributed by atoms with E-state index in [1.54, 1.807) is 11.8 Å². The zero-order valence-corrected chi connectivity index (χ0v) is 10.7. The summed E-state index contributed by atoms with van der Waals surface area (Å²) in [4.78, 5) is 0. The van der Waals surface area contributed by atoms with E-state index < -0.39 is 0 Å².